The molecule has 0 atom stereocenters. The van der Waals surface area contributed by atoms with Crippen molar-refractivity contribution in [3.8, 4) is 22.3 Å². The summed E-state index contributed by atoms with van der Waals surface area (Å²) in [5.74, 6) is 0. The zero-order valence-electron chi connectivity index (χ0n) is 12.9. The quantitative estimate of drug-likeness (QED) is 0.346. The van der Waals surface area contributed by atoms with E-state index in [1.54, 1.807) is 0 Å². The van der Waals surface area contributed by atoms with Crippen molar-refractivity contribution in [2.24, 2.45) is 0 Å². The van der Waals surface area contributed by atoms with Crippen LogP contribution in [0.3, 0.4) is 0 Å². The molecule has 0 heterocycles. The molecule has 0 unspecified atom stereocenters. The van der Waals surface area contributed by atoms with Gasteiger partial charge in [0, 0.05) is 0 Å². The van der Waals surface area contributed by atoms with Crippen molar-refractivity contribution in [3.63, 3.8) is 0 Å². The van der Waals surface area contributed by atoms with E-state index in [4.69, 9.17) is 0 Å². The smallest absolute Gasteiger partial charge is 0.00992 e. The molecular weight excluding hydrogens is 473 g/mol. The molecule has 4 aromatic rings. The molecular formula is C22H19Bi. The van der Waals surface area contributed by atoms with Crippen LogP contribution in [0.2, 0.25) is 0 Å². The normalized spacial score (nSPS) is 10.3. The summed E-state index contributed by atoms with van der Waals surface area (Å²) in [7, 11) is 0. The molecule has 112 valence electrons. The van der Waals surface area contributed by atoms with Crippen molar-refractivity contribution in [2.75, 3.05) is 0 Å². The SMILES string of the molecule is [BiH3].c1ccc(-c2ccccc2-c2cccc3ccccc23)cc1. The number of hydrogen-bond acceptors (Lipinski definition) is 0. The van der Waals surface area contributed by atoms with E-state index >= 15 is 0 Å². The van der Waals surface area contributed by atoms with E-state index in [2.05, 4.69) is 97.1 Å². The number of fused-ring (bicyclic) bond motifs is 1. The van der Waals surface area contributed by atoms with Crippen LogP contribution in [0.25, 0.3) is 33.0 Å². The minimum absolute atomic E-state index is 0. The van der Waals surface area contributed by atoms with Gasteiger partial charge in [0.05, 0.1) is 0 Å². The van der Waals surface area contributed by atoms with Gasteiger partial charge in [-0.2, -0.15) is 0 Å². The van der Waals surface area contributed by atoms with Crippen molar-refractivity contribution in [1.29, 1.82) is 0 Å². The van der Waals surface area contributed by atoms with Gasteiger partial charge >= 0.3 is 26.2 Å². The topological polar surface area (TPSA) is 0 Å². The van der Waals surface area contributed by atoms with E-state index in [0.717, 1.165) is 0 Å². The van der Waals surface area contributed by atoms with Crippen LogP contribution in [0.1, 0.15) is 0 Å². The van der Waals surface area contributed by atoms with E-state index in [1.807, 2.05) is 0 Å². The predicted octanol–water partition coefficient (Wildman–Crippen LogP) is 4.99. The summed E-state index contributed by atoms with van der Waals surface area (Å²) in [6.07, 6.45) is 0. The Morgan fingerprint density at radius 1 is 0.391 bits per heavy atom. The molecule has 0 spiro atoms. The molecule has 0 N–H and O–H groups in total. The van der Waals surface area contributed by atoms with E-state index in [0.29, 0.717) is 0 Å². The fraction of sp³-hybridized carbons (Fsp3) is 0. The van der Waals surface area contributed by atoms with Gasteiger partial charge in [-0.15, -0.1) is 0 Å². The second kappa shape index (κ2) is 7.07. The molecule has 23 heavy (non-hydrogen) atoms. The third kappa shape index (κ3) is 3.07. The van der Waals surface area contributed by atoms with Crippen molar-refractivity contribution in [2.45, 2.75) is 0 Å². The van der Waals surface area contributed by atoms with Gasteiger partial charge < -0.3 is 0 Å². The Hall–Kier alpha value is -1.98. The average Bonchev–Trinajstić information content (AvgIpc) is 2.62. The van der Waals surface area contributed by atoms with Crippen LogP contribution in [0.15, 0.2) is 97.1 Å². The molecule has 0 aliphatic heterocycles. The van der Waals surface area contributed by atoms with Crippen LogP contribution in [0, 0.1) is 0 Å². The van der Waals surface area contributed by atoms with Gasteiger partial charge in [0.2, 0.25) is 0 Å². The summed E-state index contributed by atoms with van der Waals surface area (Å²) in [6, 6.07) is 34.3. The van der Waals surface area contributed by atoms with Crippen LogP contribution in [-0.4, -0.2) is 26.2 Å². The fourth-order valence-electron chi connectivity index (χ4n) is 3.05. The first-order valence-corrected chi connectivity index (χ1v) is 7.56. The van der Waals surface area contributed by atoms with Gasteiger partial charge in [-0.05, 0) is 33.0 Å². The van der Waals surface area contributed by atoms with Gasteiger partial charge in [0.25, 0.3) is 0 Å². The first-order valence-electron chi connectivity index (χ1n) is 7.56. The van der Waals surface area contributed by atoms with Crippen LogP contribution in [-0.2, 0) is 0 Å². The number of benzene rings is 4. The molecule has 0 nitrogen and oxygen atoms in total. The summed E-state index contributed by atoms with van der Waals surface area (Å²) < 4.78 is 0. The Labute approximate surface area is 155 Å². The molecule has 0 saturated heterocycles. The van der Waals surface area contributed by atoms with Crippen molar-refractivity contribution >= 4 is 37.0 Å². The maximum atomic E-state index is 2.21. The summed E-state index contributed by atoms with van der Waals surface area (Å²) in [4.78, 5) is 0. The van der Waals surface area contributed by atoms with Crippen LogP contribution in [0.5, 0.6) is 0 Å². The van der Waals surface area contributed by atoms with Crippen molar-refractivity contribution in [1.82, 2.24) is 0 Å². The minimum atomic E-state index is 0. The summed E-state index contributed by atoms with van der Waals surface area (Å²) >= 11 is 0. The molecule has 1 heteroatoms. The Morgan fingerprint density at radius 2 is 0.957 bits per heavy atom. The molecule has 0 aliphatic carbocycles. The first-order chi connectivity index (χ1) is 10.9. The van der Waals surface area contributed by atoms with E-state index in [-0.39, 0.29) is 26.2 Å². The fourth-order valence-corrected chi connectivity index (χ4v) is 3.05. The second-order valence-corrected chi connectivity index (χ2v) is 5.44. The van der Waals surface area contributed by atoms with Gasteiger partial charge in [0.1, 0.15) is 0 Å². The molecule has 0 aliphatic rings. The Balaban J connectivity index is 0.00000156. The third-order valence-corrected chi connectivity index (χ3v) is 4.09. The zero-order chi connectivity index (χ0) is 14.8. The average molecular weight is 492 g/mol. The molecule has 4 aromatic carbocycles. The molecule has 0 saturated carbocycles. The number of hydrogen-bond donors (Lipinski definition) is 0. The number of rotatable bonds is 2. The van der Waals surface area contributed by atoms with Gasteiger partial charge in [0.15, 0.2) is 0 Å². The standard InChI is InChI=1S/C22H16.Bi.3H/c1-2-9-17(10-3-1)19-14-6-7-15-21(19)22-16-8-12-18-11-4-5-13-20(18)22;;;;/h1-16H;;;;. The van der Waals surface area contributed by atoms with Crippen LogP contribution >= 0.6 is 0 Å². The maximum absolute atomic E-state index is 2.21. The molecule has 0 fully saturated rings. The van der Waals surface area contributed by atoms with Gasteiger partial charge in [-0.3, -0.25) is 0 Å². The first kappa shape index (κ1) is 15.9. The maximum Gasteiger partial charge on any atom is -0.00992 e. The zero-order valence-corrected chi connectivity index (χ0v) is 18.4. The van der Waals surface area contributed by atoms with Crippen molar-refractivity contribution in [3.05, 3.63) is 97.1 Å². The molecule has 0 amide bonds. The third-order valence-electron chi connectivity index (χ3n) is 4.09. The Kier molecular flexibility index (Phi) is 4.89. The summed E-state index contributed by atoms with van der Waals surface area (Å²) in [5.41, 5.74) is 5.11. The molecule has 0 bridgehead atoms. The summed E-state index contributed by atoms with van der Waals surface area (Å²) in [5, 5.41) is 2.58. The van der Waals surface area contributed by atoms with E-state index in [9.17, 15) is 0 Å². The van der Waals surface area contributed by atoms with Crippen LogP contribution < -0.4 is 0 Å². The Bertz CT molecular complexity index is 921. The molecule has 4 rings (SSSR count). The summed E-state index contributed by atoms with van der Waals surface area (Å²) in [6.45, 7) is 0. The van der Waals surface area contributed by atoms with Gasteiger partial charge in [-0.25, -0.2) is 0 Å². The second-order valence-electron chi connectivity index (χ2n) is 5.44. The van der Waals surface area contributed by atoms with E-state index in [1.165, 1.54) is 33.0 Å². The monoisotopic (exact) mass is 492 g/mol. The largest absolute Gasteiger partial charge is 0.0622 e. The molecule has 0 aromatic heterocycles. The van der Waals surface area contributed by atoms with E-state index < -0.39 is 0 Å². The minimum Gasteiger partial charge on any atom is -0.0622 e. The molecule has 0 radical (unpaired) electrons. The van der Waals surface area contributed by atoms with Crippen LogP contribution in [0.4, 0.5) is 0 Å². The van der Waals surface area contributed by atoms with Gasteiger partial charge in [-0.1, -0.05) is 97.1 Å². The van der Waals surface area contributed by atoms with Crippen molar-refractivity contribution < 1.29 is 0 Å². The predicted molar refractivity (Wildman–Crippen MR) is 105 cm³/mol. The Morgan fingerprint density at radius 3 is 1.78 bits per heavy atom.